The first-order chi connectivity index (χ1) is 27.9. The molecule has 9 rings (SSSR count). The predicted molar refractivity (Wildman–Crippen MR) is 236 cm³/mol. The van der Waals surface area contributed by atoms with Crippen LogP contribution >= 0.6 is 0 Å². The van der Waals surface area contributed by atoms with Crippen LogP contribution in [0.2, 0.25) is 0 Å². The topological polar surface area (TPSA) is 112 Å². The van der Waals surface area contributed by atoms with Crippen LogP contribution in [0.1, 0.15) is 44.5 Å². The van der Waals surface area contributed by atoms with Gasteiger partial charge in [-0.15, -0.1) is 0 Å². The van der Waals surface area contributed by atoms with Crippen molar-refractivity contribution in [2.24, 2.45) is 0 Å². The zero-order chi connectivity index (χ0) is 39.0. The molecule has 5 nitrogen and oxygen atoms in total. The number of allylic oxidation sites excluding steroid dienone is 8. The summed E-state index contributed by atoms with van der Waals surface area (Å²) in [4.78, 5) is 30.1. The fourth-order valence-electron chi connectivity index (χ4n) is 8.12. The Morgan fingerprint density at radius 1 is 0.228 bits per heavy atom. The first kappa shape index (κ1) is 35.0. The van der Waals surface area contributed by atoms with Crippen LogP contribution in [0, 0.1) is 0 Å². The number of rotatable bonds is 8. The monoisotopic (exact) mass is 735 g/mol. The number of benzene rings is 7. The van der Waals surface area contributed by atoms with Gasteiger partial charge in [0.05, 0.1) is 0 Å². The van der Waals surface area contributed by atoms with Crippen molar-refractivity contribution < 1.29 is 9.59 Å². The van der Waals surface area contributed by atoms with Gasteiger partial charge in [0, 0.05) is 61.6 Å². The Morgan fingerprint density at radius 3 is 0.754 bits per heavy atom. The first-order valence-electron chi connectivity index (χ1n) is 18.8. The number of hydrogen-bond donors (Lipinski definition) is 3. The molecule has 0 radical (unpaired) electrons. The van der Waals surface area contributed by atoms with Crippen LogP contribution < -0.4 is 17.2 Å². The van der Waals surface area contributed by atoms with Gasteiger partial charge in [0.2, 0.25) is 0 Å². The van der Waals surface area contributed by atoms with Gasteiger partial charge in [-0.25, -0.2) is 0 Å². The molecule has 272 valence electrons. The maximum atomic E-state index is 15.1. The Bertz CT molecular complexity index is 2640. The summed E-state index contributed by atoms with van der Waals surface area (Å²) in [6, 6.07) is 60.2. The lowest BCUT2D eigenvalue weighted by molar-refractivity contribution is -0.109. The van der Waals surface area contributed by atoms with Crippen molar-refractivity contribution in [2.75, 3.05) is 17.2 Å². The molecule has 5 heteroatoms. The first-order valence-corrected chi connectivity index (χ1v) is 18.8. The number of nitrogens with two attached hydrogens (primary N) is 3. The van der Waals surface area contributed by atoms with Gasteiger partial charge < -0.3 is 17.2 Å². The maximum Gasteiger partial charge on any atom is 0.195 e. The van der Waals surface area contributed by atoms with E-state index in [0.717, 1.165) is 66.8 Å². The smallest absolute Gasteiger partial charge is 0.195 e. The highest BCUT2D eigenvalue weighted by Gasteiger charge is 2.38. The Kier molecular flexibility index (Phi) is 8.88. The number of nitrogen functional groups attached to an aromatic ring is 3. The Labute approximate surface area is 331 Å². The van der Waals surface area contributed by atoms with Gasteiger partial charge in [0.25, 0.3) is 0 Å². The van der Waals surface area contributed by atoms with E-state index in [2.05, 4.69) is 6.07 Å². The van der Waals surface area contributed by atoms with Gasteiger partial charge in [-0.05, 0) is 87.0 Å². The van der Waals surface area contributed by atoms with E-state index in [1.54, 1.807) is 0 Å². The summed E-state index contributed by atoms with van der Waals surface area (Å²) in [7, 11) is 0. The van der Waals surface area contributed by atoms with E-state index in [-0.39, 0.29) is 11.6 Å². The van der Waals surface area contributed by atoms with E-state index in [1.165, 1.54) is 0 Å². The molecule has 0 aliphatic heterocycles. The minimum Gasteiger partial charge on any atom is -0.399 e. The molecule has 0 saturated carbocycles. The van der Waals surface area contributed by atoms with Crippen molar-refractivity contribution in [1.29, 1.82) is 0 Å². The van der Waals surface area contributed by atoms with Crippen molar-refractivity contribution in [2.45, 2.75) is 0 Å². The van der Waals surface area contributed by atoms with Crippen molar-refractivity contribution >= 4 is 73.2 Å². The summed E-state index contributed by atoms with van der Waals surface area (Å²) in [5.74, 6) is -0.181. The average molecular weight is 736 g/mol. The van der Waals surface area contributed by atoms with E-state index in [9.17, 15) is 0 Å². The summed E-state index contributed by atoms with van der Waals surface area (Å²) < 4.78 is 0. The van der Waals surface area contributed by atoms with Crippen molar-refractivity contribution in [3.8, 4) is 0 Å². The number of ketones is 2. The molecule has 2 aliphatic carbocycles. The third-order valence-corrected chi connectivity index (χ3v) is 10.6. The second-order valence-corrected chi connectivity index (χ2v) is 14.2. The van der Waals surface area contributed by atoms with Crippen LogP contribution in [-0.4, -0.2) is 11.6 Å². The highest BCUT2D eigenvalue weighted by atomic mass is 16.1. The Balaban J connectivity index is 1.38. The molecular weight excluding hydrogens is 699 g/mol. The fourth-order valence-corrected chi connectivity index (χ4v) is 8.12. The number of anilines is 3. The molecule has 0 amide bonds. The number of carbonyl (C=O) groups excluding carboxylic acids is 2. The molecule has 0 saturated heterocycles. The minimum absolute atomic E-state index is 0.0905. The highest BCUT2D eigenvalue weighted by Crippen LogP contribution is 2.53. The third-order valence-electron chi connectivity index (χ3n) is 10.6. The molecular formula is C52H37N3O2. The lowest BCUT2D eigenvalue weighted by Gasteiger charge is -2.18. The third kappa shape index (κ3) is 6.27. The zero-order valence-electron chi connectivity index (χ0n) is 30.9. The van der Waals surface area contributed by atoms with Gasteiger partial charge in [0.1, 0.15) is 0 Å². The molecule has 0 fully saturated rings. The van der Waals surface area contributed by atoms with Gasteiger partial charge in [-0.1, -0.05) is 146 Å². The summed E-state index contributed by atoms with van der Waals surface area (Å²) in [5.41, 5.74) is 32.8. The largest absolute Gasteiger partial charge is 0.399 e. The van der Waals surface area contributed by atoms with Gasteiger partial charge in [0.15, 0.2) is 11.6 Å². The van der Waals surface area contributed by atoms with E-state index < -0.39 is 0 Å². The summed E-state index contributed by atoms with van der Waals surface area (Å²) in [6.07, 6.45) is 0. The maximum absolute atomic E-state index is 15.1. The predicted octanol–water partition coefficient (Wildman–Crippen LogP) is 10.6. The standard InChI is InChI=1S/C52H37N3O2/c53-40-25-21-36(22-26-40)43-45(49(34-17-9-3-10-18-34)51(56)47(43)32-13-5-1-6-14-32)38-29-39(31-42(55)30-38)46-44(37-23-27-41(54)28-24-37)48(33-15-7-2-8-16-33)52(57)50(46)35-19-11-4-12-20-35/h1-31H,53-55H2. The van der Waals surface area contributed by atoms with Crippen molar-refractivity contribution in [3.63, 3.8) is 0 Å². The fraction of sp³-hybridized carbons (Fsp3) is 0. The molecule has 0 bridgehead atoms. The Hall–Kier alpha value is -7.76. The molecule has 0 spiro atoms. The van der Waals surface area contributed by atoms with E-state index >= 15 is 9.59 Å². The molecule has 2 aliphatic rings. The van der Waals surface area contributed by atoms with Crippen LogP contribution in [0.15, 0.2) is 188 Å². The number of Topliss-reactive ketones (excluding diaryl/α,β-unsaturated/α-hetero) is 2. The molecule has 0 heterocycles. The number of hydrogen-bond acceptors (Lipinski definition) is 5. The van der Waals surface area contributed by atoms with Gasteiger partial charge in [-0.2, -0.15) is 0 Å². The summed E-state index contributed by atoms with van der Waals surface area (Å²) in [6.45, 7) is 0. The Morgan fingerprint density at radius 2 is 0.474 bits per heavy atom. The molecule has 0 unspecified atom stereocenters. The summed E-state index contributed by atoms with van der Waals surface area (Å²) >= 11 is 0. The average Bonchev–Trinajstić information content (AvgIpc) is 3.73. The molecule has 6 N–H and O–H groups in total. The lowest BCUT2D eigenvalue weighted by atomic mass is 9.85. The zero-order valence-corrected chi connectivity index (χ0v) is 30.9. The van der Waals surface area contributed by atoms with Crippen LogP contribution in [-0.2, 0) is 9.59 Å². The minimum atomic E-state index is -0.0905. The second-order valence-electron chi connectivity index (χ2n) is 14.2. The summed E-state index contributed by atoms with van der Waals surface area (Å²) in [5, 5.41) is 0. The van der Waals surface area contributed by atoms with Gasteiger partial charge >= 0.3 is 0 Å². The normalized spacial score (nSPS) is 14.3. The highest BCUT2D eigenvalue weighted by molar-refractivity contribution is 6.60. The van der Waals surface area contributed by atoms with Crippen LogP contribution in [0.4, 0.5) is 17.1 Å². The van der Waals surface area contributed by atoms with Crippen LogP contribution in [0.5, 0.6) is 0 Å². The molecule has 57 heavy (non-hydrogen) atoms. The van der Waals surface area contributed by atoms with E-state index in [1.807, 2.05) is 182 Å². The van der Waals surface area contributed by atoms with E-state index in [0.29, 0.717) is 39.4 Å². The van der Waals surface area contributed by atoms with Crippen molar-refractivity contribution in [1.82, 2.24) is 0 Å². The van der Waals surface area contributed by atoms with Crippen molar-refractivity contribution in [3.05, 3.63) is 233 Å². The van der Waals surface area contributed by atoms with Gasteiger partial charge in [-0.3, -0.25) is 9.59 Å². The lowest BCUT2D eigenvalue weighted by Crippen LogP contribution is -2.02. The van der Waals surface area contributed by atoms with Crippen LogP contribution in [0.3, 0.4) is 0 Å². The number of carbonyl (C=O) groups is 2. The van der Waals surface area contributed by atoms with Crippen LogP contribution in [0.25, 0.3) is 44.6 Å². The SMILES string of the molecule is Nc1ccc(C2=C(c3ccccc3)C(=O)C(c3ccccc3)=C2c2cc(N)cc(C3=C(c4ccccc4)C(=O)C(c4ccccc4)=C3c3ccc(N)cc3)c2)cc1. The molecule has 0 atom stereocenters. The van der Waals surface area contributed by atoms with E-state index in [4.69, 9.17) is 17.2 Å². The molecule has 7 aromatic carbocycles. The second kappa shape index (κ2) is 14.5. The quantitative estimate of drug-likeness (QED) is 0.135. The molecule has 0 aromatic heterocycles. The molecule has 7 aromatic rings.